The lowest BCUT2D eigenvalue weighted by atomic mass is 10.0. The second-order valence-electron chi connectivity index (χ2n) is 3.40. The Balaban J connectivity index is 2.42. The van der Waals surface area contributed by atoms with Crippen LogP contribution in [-0.2, 0) is 0 Å². The Morgan fingerprint density at radius 3 is 2.47 bits per heavy atom. The van der Waals surface area contributed by atoms with E-state index in [-0.39, 0.29) is 0 Å². The molecule has 0 N–H and O–H groups in total. The monoisotopic (exact) mass is 215 g/mol. The van der Waals surface area contributed by atoms with Gasteiger partial charge in [-0.25, -0.2) is 4.98 Å². The van der Waals surface area contributed by atoms with Gasteiger partial charge in [0.05, 0.1) is 5.03 Å². The number of pyridine rings is 1. The number of nitrogens with zero attached hydrogens (tertiary/aromatic N) is 1. The average Bonchev–Trinajstić information content (AvgIpc) is 2.30. The fourth-order valence-corrected chi connectivity index (χ4v) is 1.92. The van der Waals surface area contributed by atoms with Gasteiger partial charge in [-0.2, -0.15) is 0 Å². The summed E-state index contributed by atoms with van der Waals surface area (Å²) in [6.07, 6.45) is 3.98. The smallest absolute Gasteiger partial charge is 0.0957 e. The van der Waals surface area contributed by atoms with Crippen LogP contribution in [0, 0.1) is 6.92 Å². The Morgan fingerprint density at radius 1 is 1.07 bits per heavy atom. The summed E-state index contributed by atoms with van der Waals surface area (Å²) in [4.78, 5) is 4.38. The summed E-state index contributed by atoms with van der Waals surface area (Å²) < 4.78 is 0. The lowest BCUT2D eigenvalue weighted by Crippen LogP contribution is -1.84. The fraction of sp³-hybridized carbons (Fsp3) is 0.154. The number of hydrogen-bond donors (Lipinski definition) is 0. The van der Waals surface area contributed by atoms with Crippen molar-refractivity contribution < 1.29 is 0 Å². The third-order valence-corrected chi connectivity index (χ3v) is 3.06. The number of benzene rings is 1. The van der Waals surface area contributed by atoms with E-state index in [2.05, 4.69) is 48.3 Å². The van der Waals surface area contributed by atoms with Crippen molar-refractivity contribution in [3.05, 3.63) is 48.2 Å². The van der Waals surface area contributed by atoms with Crippen molar-refractivity contribution in [1.82, 2.24) is 4.98 Å². The molecule has 2 aromatic rings. The summed E-state index contributed by atoms with van der Waals surface area (Å²) in [6.45, 7) is 2.12. The summed E-state index contributed by atoms with van der Waals surface area (Å²) in [5.74, 6) is 0. The van der Waals surface area contributed by atoms with E-state index in [1.165, 1.54) is 16.7 Å². The minimum absolute atomic E-state index is 1.06. The minimum Gasteiger partial charge on any atom is -0.249 e. The van der Waals surface area contributed by atoms with E-state index >= 15 is 0 Å². The zero-order valence-corrected chi connectivity index (χ0v) is 9.71. The van der Waals surface area contributed by atoms with Gasteiger partial charge in [0.15, 0.2) is 0 Å². The first-order chi connectivity index (χ1) is 7.31. The Morgan fingerprint density at radius 2 is 1.87 bits per heavy atom. The highest BCUT2D eigenvalue weighted by atomic mass is 32.2. The van der Waals surface area contributed by atoms with E-state index in [1.54, 1.807) is 11.8 Å². The van der Waals surface area contributed by atoms with E-state index in [1.807, 2.05) is 12.5 Å². The molecule has 1 aromatic carbocycles. The highest BCUT2D eigenvalue weighted by Crippen LogP contribution is 2.23. The van der Waals surface area contributed by atoms with Crippen LogP contribution in [0.5, 0.6) is 0 Å². The van der Waals surface area contributed by atoms with Crippen LogP contribution in [0.4, 0.5) is 0 Å². The Kier molecular flexibility index (Phi) is 3.07. The number of thioether (sulfide) groups is 1. The first kappa shape index (κ1) is 10.2. The van der Waals surface area contributed by atoms with Gasteiger partial charge in [0, 0.05) is 11.8 Å². The Bertz CT molecular complexity index is 448. The summed E-state index contributed by atoms with van der Waals surface area (Å²) in [6, 6.07) is 12.6. The van der Waals surface area contributed by atoms with Crippen molar-refractivity contribution in [3.63, 3.8) is 0 Å². The fourth-order valence-electron chi connectivity index (χ4n) is 1.56. The third kappa shape index (κ3) is 2.21. The molecule has 15 heavy (non-hydrogen) atoms. The first-order valence-corrected chi connectivity index (χ1v) is 6.10. The molecular weight excluding hydrogens is 202 g/mol. The van der Waals surface area contributed by atoms with Gasteiger partial charge in [-0.15, -0.1) is 11.8 Å². The number of hydrogen-bond acceptors (Lipinski definition) is 2. The average molecular weight is 215 g/mol. The zero-order chi connectivity index (χ0) is 10.7. The van der Waals surface area contributed by atoms with Gasteiger partial charge in [-0.05, 0) is 30.4 Å². The van der Waals surface area contributed by atoms with Crippen LogP contribution in [0.1, 0.15) is 5.56 Å². The zero-order valence-electron chi connectivity index (χ0n) is 8.90. The summed E-state index contributed by atoms with van der Waals surface area (Å²) in [5, 5.41) is 1.06. The minimum atomic E-state index is 1.06. The highest BCUT2D eigenvalue weighted by Gasteiger charge is 2.00. The lowest BCUT2D eigenvalue weighted by Gasteiger charge is -2.05. The van der Waals surface area contributed by atoms with Gasteiger partial charge in [0.2, 0.25) is 0 Å². The Labute approximate surface area is 94.6 Å². The summed E-state index contributed by atoms with van der Waals surface area (Å²) >= 11 is 1.67. The van der Waals surface area contributed by atoms with Gasteiger partial charge in [0.25, 0.3) is 0 Å². The third-order valence-electron chi connectivity index (χ3n) is 2.40. The molecule has 0 saturated carbocycles. The van der Waals surface area contributed by atoms with Gasteiger partial charge in [-0.3, -0.25) is 0 Å². The van der Waals surface area contributed by atoms with Crippen LogP contribution in [-0.4, -0.2) is 11.2 Å². The van der Waals surface area contributed by atoms with E-state index in [0.717, 1.165) is 5.03 Å². The van der Waals surface area contributed by atoms with Crippen molar-refractivity contribution in [2.24, 2.45) is 0 Å². The van der Waals surface area contributed by atoms with Gasteiger partial charge in [-0.1, -0.05) is 30.3 Å². The number of aryl methyl sites for hydroxylation is 1. The van der Waals surface area contributed by atoms with Crippen LogP contribution in [0.15, 0.2) is 47.6 Å². The summed E-state index contributed by atoms with van der Waals surface area (Å²) in [5.41, 5.74) is 3.74. The van der Waals surface area contributed by atoms with E-state index in [0.29, 0.717) is 0 Å². The molecule has 1 heterocycles. The molecule has 0 unspecified atom stereocenters. The molecule has 2 heteroatoms. The second kappa shape index (κ2) is 4.49. The first-order valence-electron chi connectivity index (χ1n) is 4.87. The molecule has 0 atom stereocenters. The van der Waals surface area contributed by atoms with Gasteiger partial charge in [0.1, 0.15) is 0 Å². The predicted molar refractivity (Wildman–Crippen MR) is 66.2 cm³/mol. The topological polar surface area (TPSA) is 12.9 Å². The molecule has 1 aromatic heterocycles. The highest BCUT2D eigenvalue weighted by molar-refractivity contribution is 7.98. The number of rotatable bonds is 2. The lowest BCUT2D eigenvalue weighted by molar-refractivity contribution is 1.14. The van der Waals surface area contributed by atoms with Crippen molar-refractivity contribution in [2.45, 2.75) is 11.9 Å². The van der Waals surface area contributed by atoms with Crippen molar-refractivity contribution in [3.8, 4) is 11.1 Å². The maximum Gasteiger partial charge on any atom is 0.0957 e. The molecular formula is C13H13NS. The van der Waals surface area contributed by atoms with Crippen LogP contribution in [0.3, 0.4) is 0 Å². The van der Waals surface area contributed by atoms with E-state index in [9.17, 15) is 0 Å². The molecule has 0 fully saturated rings. The SMILES string of the molecule is CSc1ccc(-c2ccccc2C)cn1. The maximum atomic E-state index is 4.38. The Hall–Kier alpha value is -1.28. The second-order valence-corrected chi connectivity index (χ2v) is 4.23. The predicted octanol–water partition coefficient (Wildman–Crippen LogP) is 3.78. The van der Waals surface area contributed by atoms with E-state index < -0.39 is 0 Å². The van der Waals surface area contributed by atoms with Crippen LogP contribution >= 0.6 is 11.8 Å². The van der Waals surface area contributed by atoms with E-state index in [4.69, 9.17) is 0 Å². The molecule has 0 saturated heterocycles. The quantitative estimate of drug-likeness (QED) is 0.707. The van der Waals surface area contributed by atoms with Gasteiger partial charge < -0.3 is 0 Å². The van der Waals surface area contributed by atoms with Crippen LogP contribution < -0.4 is 0 Å². The molecule has 1 nitrogen and oxygen atoms in total. The molecule has 2 rings (SSSR count). The molecule has 0 aliphatic rings. The van der Waals surface area contributed by atoms with Crippen molar-refractivity contribution in [1.29, 1.82) is 0 Å². The molecule has 0 radical (unpaired) electrons. The molecule has 0 spiro atoms. The maximum absolute atomic E-state index is 4.38. The standard InChI is InChI=1S/C13H13NS/c1-10-5-3-4-6-12(10)11-7-8-13(15-2)14-9-11/h3-9H,1-2H3. The molecule has 76 valence electrons. The molecule has 0 aliphatic heterocycles. The molecule has 0 bridgehead atoms. The summed E-state index contributed by atoms with van der Waals surface area (Å²) in [7, 11) is 0. The number of aromatic nitrogens is 1. The van der Waals surface area contributed by atoms with Gasteiger partial charge >= 0.3 is 0 Å². The van der Waals surface area contributed by atoms with Crippen LogP contribution in [0.2, 0.25) is 0 Å². The largest absolute Gasteiger partial charge is 0.249 e. The van der Waals surface area contributed by atoms with Crippen molar-refractivity contribution >= 4 is 11.8 Å². The normalized spacial score (nSPS) is 10.3. The van der Waals surface area contributed by atoms with Crippen molar-refractivity contribution in [2.75, 3.05) is 6.26 Å². The molecule has 0 aliphatic carbocycles. The van der Waals surface area contributed by atoms with Crippen LogP contribution in [0.25, 0.3) is 11.1 Å². The molecule has 0 amide bonds.